The van der Waals surface area contributed by atoms with Crippen LogP contribution in [-0.2, 0) is 14.8 Å². The van der Waals surface area contributed by atoms with E-state index in [1.807, 2.05) is 6.92 Å². The van der Waals surface area contributed by atoms with Gasteiger partial charge >= 0.3 is 6.09 Å². The molecule has 1 aliphatic rings. The van der Waals surface area contributed by atoms with Gasteiger partial charge in [-0.3, -0.25) is 0 Å². The van der Waals surface area contributed by atoms with Crippen LogP contribution in [0.15, 0.2) is 35.4 Å². The number of amides is 1. The van der Waals surface area contributed by atoms with E-state index in [0.29, 0.717) is 36.1 Å². The predicted octanol–water partition coefficient (Wildman–Crippen LogP) is 3.39. The summed E-state index contributed by atoms with van der Waals surface area (Å²) in [5, 5.41) is 5.70. The van der Waals surface area contributed by atoms with Gasteiger partial charge in [-0.25, -0.2) is 37.3 Å². The number of nitrogens with one attached hydrogen (secondary N) is 4. The van der Waals surface area contributed by atoms with Crippen molar-refractivity contribution in [2.24, 2.45) is 0 Å². The Labute approximate surface area is 214 Å². The molecule has 3 aromatic rings. The molecule has 1 fully saturated rings. The number of sulfonamides is 1. The van der Waals surface area contributed by atoms with Crippen molar-refractivity contribution in [1.82, 2.24) is 30.0 Å². The molecule has 13 heteroatoms. The molecule has 11 nitrogen and oxygen atoms in total. The molecule has 0 radical (unpaired) electrons. The lowest BCUT2D eigenvalue weighted by atomic mass is 10.1. The first-order valence-corrected chi connectivity index (χ1v) is 13.5. The number of aromatic nitrogens is 4. The van der Waals surface area contributed by atoms with E-state index in [1.165, 1.54) is 25.3 Å². The second kappa shape index (κ2) is 11.2. The summed E-state index contributed by atoms with van der Waals surface area (Å²) in [7, 11) is -2.74. The van der Waals surface area contributed by atoms with E-state index in [0.717, 1.165) is 12.8 Å². The fourth-order valence-corrected chi connectivity index (χ4v) is 4.91. The van der Waals surface area contributed by atoms with Gasteiger partial charge in [-0.05, 0) is 44.4 Å². The van der Waals surface area contributed by atoms with Crippen LogP contribution in [0.3, 0.4) is 0 Å². The Balaban J connectivity index is 1.68. The number of benzene rings is 1. The van der Waals surface area contributed by atoms with Gasteiger partial charge in [-0.1, -0.05) is 13.0 Å². The van der Waals surface area contributed by atoms with Crippen LogP contribution in [0.2, 0.25) is 0 Å². The van der Waals surface area contributed by atoms with Gasteiger partial charge in [-0.2, -0.15) is 0 Å². The van der Waals surface area contributed by atoms with Gasteiger partial charge in [0.15, 0.2) is 5.82 Å². The number of alkyl carbamates (subject to hydrolysis) is 1. The van der Waals surface area contributed by atoms with Crippen molar-refractivity contribution in [1.29, 1.82) is 0 Å². The van der Waals surface area contributed by atoms with Crippen molar-refractivity contribution in [3.63, 3.8) is 0 Å². The topological polar surface area (TPSA) is 151 Å². The molecule has 1 atom stereocenters. The minimum absolute atomic E-state index is 0.0570. The molecule has 2 heterocycles. The van der Waals surface area contributed by atoms with Crippen LogP contribution < -0.4 is 15.4 Å². The van der Waals surface area contributed by atoms with E-state index in [2.05, 4.69) is 40.0 Å². The van der Waals surface area contributed by atoms with E-state index in [1.54, 1.807) is 19.2 Å². The number of rotatable bonds is 11. The minimum atomic E-state index is -4.03. The number of carbonyl (C=O) groups is 1. The van der Waals surface area contributed by atoms with Gasteiger partial charge in [0.2, 0.25) is 16.0 Å². The molecule has 198 valence electrons. The molecule has 0 aliphatic heterocycles. The molecule has 37 heavy (non-hydrogen) atoms. The highest BCUT2D eigenvalue weighted by Crippen LogP contribution is 2.42. The zero-order valence-electron chi connectivity index (χ0n) is 20.8. The highest BCUT2D eigenvalue weighted by molar-refractivity contribution is 7.89. The quantitative estimate of drug-likeness (QED) is 0.294. The van der Waals surface area contributed by atoms with Crippen LogP contribution in [0.25, 0.3) is 22.6 Å². The fourth-order valence-electron chi connectivity index (χ4n) is 3.68. The molecule has 2 aromatic heterocycles. The van der Waals surface area contributed by atoms with Crippen molar-refractivity contribution in [2.45, 2.75) is 50.0 Å². The maximum atomic E-state index is 15.7. The first-order valence-electron chi connectivity index (χ1n) is 12.0. The summed E-state index contributed by atoms with van der Waals surface area (Å²) >= 11 is 0. The molecular formula is C24H30FN7O4S. The van der Waals surface area contributed by atoms with Crippen LogP contribution in [0, 0.1) is 5.82 Å². The lowest BCUT2D eigenvalue weighted by molar-refractivity contribution is 0.168. The monoisotopic (exact) mass is 531 g/mol. The molecule has 0 unspecified atom stereocenters. The number of ether oxygens (including phenoxy) is 1. The number of anilines is 1. The van der Waals surface area contributed by atoms with Gasteiger partial charge in [0.05, 0.1) is 18.5 Å². The predicted molar refractivity (Wildman–Crippen MR) is 136 cm³/mol. The number of carbonyl (C=O) groups excluding carboxylic acids is 1. The largest absolute Gasteiger partial charge is 0.453 e. The lowest BCUT2D eigenvalue weighted by Crippen LogP contribution is -2.37. The number of nitrogens with zero attached hydrogens (tertiary/aromatic N) is 3. The third-order valence-electron chi connectivity index (χ3n) is 5.76. The van der Waals surface area contributed by atoms with Crippen LogP contribution in [-0.4, -0.2) is 60.7 Å². The summed E-state index contributed by atoms with van der Waals surface area (Å²) < 4.78 is 48.0. The molecule has 1 saturated carbocycles. The molecule has 4 rings (SSSR count). The molecule has 1 amide bonds. The lowest BCUT2D eigenvalue weighted by Gasteiger charge is -2.14. The molecule has 4 N–H and O–H groups in total. The molecule has 0 spiro atoms. The molecule has 0 bridgehead atoms. The molecule has 0 saturated heterocycles. The number of aromatic amines is 1. The Bertz CT molecular complexity index is 1380. The zero-order valence-corrected chi connectivity index (χ0v) is 21.7. The maximum Gasteiger partial charge on any atom is 0.407 e. The maximum absolute atomic E-state index is 15.7. The van der Waals surface area contributed by atoms with Crippen molar-refractivity contribution >= 4 is 22.1 Å². The normalized spacial score (nSPS) is 14.3. The molecule has 1 aromatic carbocycles. The second-order valence-corrected chi connectivity index (χ2v) is 10.6. The van der Waals surface area contributed by atoms with Gasteiger partial charge in [0.1, 0.15) is 16.4 Å². The summed E-state index contributed by atoms with van der Waals surface area (Å²) in [6, 6.07) is 5.64. The standard InChI is InChI=1S/C24H30FN7O4S/c1-4-11-28-37(34,35)18-7-5-6-16(19(18)25)20-21(32-22(31-20)15-8-9-15)17-10-12-26-23(30-17)27-13-14(2)29-24(33)36-3/h5-7,10,12,14-15,28H,4,8-9,11,13H2,1-3H3,(H,29,33)(H,31,32)(H,26,27,30)/t14-/m0/s1. The summed E-state index contributed by atoms with van der Waals surface area (Å²) in [6.45, 7) is 4.16. The highest BCUT2D eigenvalue weighted by Gasteiger charge is 2.31. The van der Waals surface area contributed by atoms with Crippen LogP contribution >= 0.6 is 0 Å². The number of hydrogen-bond acceptors (Lipinski definition) is 8. The van der Waals surface area contributed by atoms with Gasteiger partial charge in [0.25, 0.3) is 0 Å². The minimum Gasteiger partial charge on any atom is -0.453 e. The third kappa shape index (κ3) is 6.23. The van der Waals surface area contributed by atoms with E-state index < -0.39 is 26.8 Å². The number of halogens is 1. The number of imidazole rings is 1. The zero-order chi connectivity index (χ0) is 26.6. The summed E-state index contributed by atoms with van der Waals surface area (Å²) in [4.78, 5) is 27.7. The highest BCUT2D eigenvalue weighted by atomic mass is 32.2. The van der Waals surface area contributed by atoms with Crippen LogP contribution in [0.1, 0.15) is 44.9 Å². The molecule has 1 aliphatic carbocycles. The van der Waals surface area contributed by atoms with Crippen LogP contribution in [0.5, 0.6) is 0 Å². The van der Waals surface area contributed by atoms with Crippen molar-refractivity contribution in [3.05, 3.63) is 42.1 Å². The van der Waals surface area contributed by atoms with E-state index >= 15 is 4.39 Å². The van der Waals surface area contributed by atoms with E-state index in [4.69, 9.17) is 0 Å². The first kappa shape index (κ1) is 26.5. The number of hydrogen-bond donors (Lipinski definition) is 4. The Morgan fingerprint density at radius 2 is 2.05 bits per heavy atom. The smallest absolute Gasteiger partial charge is 0.407 e. The Kier molecular flexibility index (Phi) is 8.03. The van der Waals surface area contributed by atoms with Gasteiger partial charge in [0, 0.05) is 36.8 Å². The molecular weight excluding hydrogens is 501 g/mol. The average Bonchev–Trinajstić information content (AvgIpc) is 3.65. The summed E-state index contributed by atoms with van der Waals surface area (Å²) in [5.41, 5.74) is 1.25. The first-order chi connectivity index (χ1) is 17.7. The number of methoxy groups -OCH3 is 1. The second-order valence-electron chi connectivity index (χ2n) is 8.82. The van der Waals surface area contributed by atoms with Crippen LogP contribution in [0.4, 0.5) is 15.1 Å². The summed E-state index contributed by atoms with van der Waals surface area (Å²) in [6.07, 6.45) is 3.51. The van der Waals surface area contributed by atoms with Crippen molar-refractivity contribution < 1.29 is 22.3 Å². The fraction of sp³-hybridized carbons (Fsp3) is 0.417. The Morgan fingerprint density at radius 3 is 2.76 bits per heavy atom. The Morgan fingerprint density at radius 1 is 1.27 bits per heavy atom. The van der Waals surface area contributed by atoms with Crippen molar-refractivity contribution in [2.75, 3.05) is 25.5 Å². The summed E-state index contributed by atoms with van der Waals surface area (Å²) in [5.74, 6) is 0.352. The third-order valence-corrected chi connectivity index (χ3v) is 7.24. The van der Waals surface area contributed by atoms with E-state index in [9.17, 15) is 13.2 Å². The SMILES string of the molecule is CCCNS(=O)(=O)c1cccc(-c2nc(C3CC3)[nH]c2-c2ccnc(NC[C@H](C)NC(=O)OC)n2)c1F. The van der Waals surface area contributed by atoms with Gasteiger partial charge in [-0.15, -0.1) is 0 Å². The van der Waals surface area contributed by atoms with Crippen molar-refractivity contribution in [3.8, 4) is 22.6 Å². The van der Waals surface area contributed by atoms with Gasteiger partial charge < -0.3 is 20.4 Å². The Hall–Kier alpha value is -3.58. The number of H-pyrrole nitrogens is 1. The average molecular weight is 532 g/mol. The van der Waals surface area contributed by atoms with E-state index in [-0.39, 0.29) is 29.8 Å².